The summed E-state index contributed by atoms with van der Waals surface area (Å²) < 4.78 is 40.5. The fourth-order valence-corrected chi connectivity index (χ4v) is 2.44. The third-order valence-electron chi connectivity index (χ3n) is 3.64. The first-order valence-electron chi connectivity index (χ1n) is 8.32. The molecule has 2 aromatic heterocycles. The Morgan fingerprint density at radius 1 is 1.17 bits per heavy atom. The van der Waals surface area contributed by atoms with E-state index in [1.54, 1.807) is 0 Å². The minimum atomic E-state index is -4.76. The number of carbonyl (C=O) groups excluding carboxylic acids is 1. The van der Waals surface area contributed by atoms with E-state index >= 15 is 0 Å². The van der Waals surface area contributed by atoms with Gasteiger partial charge in [-0.1, -0.05) is 11.6 Å². The summed E-state index contributed by atoms with van der Waals surface area (Å²) in [5, 5.41) is 12.5. The molecule has 156 valence electrons. The molecular formula is C18H14ClF3N6O2. The highest BCUT2D eigenvalue weighted by atomic mass is 35.5. The summed E-state index contributed by atoms with van der Waals surface area (Å²) in [5.74, 6) is -0.186. The van der Waals surface area contributed by atoms with Gasteiger partial charge < -0.3 is 15.4 Å². The minimum absolute atomic E-state index is 0.238. The molecule has 8 nitrogen and oxygen atoms in total. The average Bonchev–Trinajstić information content (AvgIpc) is 3.15. The minimum Gasteiger partial charge on any atom is -0.406 e. The number of alkyl halides is 3. The lowest BCUT2D eigenvalue weighted by atomic mass is 10.2. The van der Waals surface area contributed by atoms with Gasteiger partial charge in [0.15, 0.2) is 11.7 Å². The number of nitrogens with one attached hydrogen (secondary N) is 3. The number of H-pyrrole nitrogens is 1. The molecule has 0 aliphatic rings. The van der Waals surface area contributed by atoms with Gasteiger partial charge in [-0.3, -0.25) is 14.9 Å². The van der Waals surface area contributed by atoms with Gasteiger partial charge in [0.05, 0.1) is 5.56 Å². The van der Waals surface area contributed by atoms with Gasteiger partial charge in [0, 0.05) is 25.0 Å². The van der Waals surface area contributed by atoms with Crippen LogP contribution in [-0.2, 0) is 0 Å². The van der Waals surface area contributed by atoms with Crippen molar-refractivity contribution in [2.24, 2.45) is 4.99 Å². The van der Waals surface area contributed by atoms with Gasteiger partial charge in [0.25, 0.3) is 5.91 Å². The lowest BCUT2D eigenvalue weighted by Crippen LogP contribution is -2.17. The second kappa shape index (κ2) is 8.82. The monoisotopic (exact) mass is 438 g/mol. The molecule has 1 amide bonds. The predicted octanol–water partition coefficient (Wildman–Crippen LogP) is 4.10. The number of rotatable bonds is 5. The van der Waals surface area contributed by atoms with Crippen LogP contribution in [0.5, 0.6) is 5.75 Å². The fourth-order valence-electron chi connectivity index (χ4n) is 2.33. The molecule has 0 aliphatic carbocycles. The number of anilines is 2. The van der Waals surface area contributed by atoms with Crippen LogP contribution in [0.4, 0.5) is 24.7 Å². The molecule has 1 aromatic carbocycles. The number of aromatic amines is 1. The lowest BCUT2D eigenvalue weighted by molar-refractivity contribution is -0.274. The van der Waals surface area contributed by atoms with Crippen molar-refractivity contribution >= 4 is 34.8 Å². The second-order valence-electron chi connectivity index (χ2n) is 5.76. The zero-order chi connectivity index (χ0) is 21.7. The van der Waals surface area contributed by atoms with Crippen LogP contribution < -0.4 is 15.4 Å². The van der Waals surface area contributed by atoms with Gasteiger partial charge >= 0.3 is 6.36 Å². The second-order valence-corrected chi connectivity index (χ2v) is 6.15. The van der Waals surface area contributed by atoms with E-state index in [9.17, 15) is 18.0 Å². The van der Waals surface area contributed by atoms with Crippen LogP contribution in [-0.4, -0.2) is 40.3 Å². The molecule has 0 fully saturated rings. The first-order chi connectivity index (χ1) is 14.2. The maximum absolute atomic E-state index is 12.2. The first-order valence-corrected chi connectivity index (χ1v) is 8.69. The van der Waals surface area contributed by atoms with Gasteiger partial charge in [-0.05, 0) is 36.4 Å². The van der Waals surface area contributed by atoms with Gasteiger partial charge in [-0.25, -0.2) is 4.98 Å². The van der Waals surface area contributed by atoms with Crippen molar-refractivity contribution in [3.63, 3.8) is 0 Å². The van der Waals surface area contributed by atoms with Crippen LogP contribution >= 0.6 is 11.6 Å². The Kier molecular flexibility index (Phi) is 6.21. The quantitative estimate of drug-likeness (QED) is 0.316. The Balaban J connectivity index is 1.66. The number of aliphatic imine (C=N–C) groups is 1. The summed E-state index contributed by atoms with van der Waals surface area (Å²) in [4.78, 5) is 20.1. The molecule has 3 aromatic rings. The number of halogens is 4. The van der Waals surface area contributed by atoms with Crippen molar-refractivity contribution in [2.75, 3.05) is 17.7 Å². The first kappa shape index (κ1) is 21.1. The predicted molar refractivity (Wildman–Crippen MR) is 105 cm³/mol. The van der Waals surface area contributed by atoms with Crippen molar-refractivity contribution in [3.8, 4) is 5.75 Å². The molecule has 0 bridgehead atoms. The van der Waals surface area contributed by atoms with Gasteiger partial charge in [-0.2, -0.15) is 5.10 Å². The number of hydrogen-bond donors (Lipinski definition) is 3. The molecule has 2 heterocycles. The summed E-state index contributed by atoms with van der Waals surface area (Å²) in [6.07, 6.45) is -3.43. The van der Waals surface area contributed by atoms with E-state index in [1.807, 2.05) is 0 Å². The zero-order valence-corrected chi connectivity index (χ0v) is 16.0. The van der Waals surface area contributed by atoms with Crippen molar-refractivity contribution in [3.05, 3.63) is 65.1 Å². The zero-order valence-electron chi connectivity index (χ0n) is 15.3. The standard InChI is InChI=1S/C18H14ClF3N6O2/c1-23-16(25-11-3-5-12(6-4-11)30-18(20,21)22)13-8-15(28-27-13)26-17(29)10-2-7-14(19)24-9-10/h2-9H,1H3,(H,23,25)(H2,26,27,28,29). The summed E-state index contributed by atoms with van der Waals surface area (Å²) in [5.41, 5.74) is 1.21. The van der Waals surface area contributed by atoms with Crippen molar-refractivity contribution in [1.29, 1.82) is 0 Å². The molecule has 0 saturated carbocycles. The molecular weight excluding hydrogens is 425 g/mol. The van der Waals surface area contributed by atoms with E-state index in [1.165, 1.54) is 55.7 Å². The normalized spacial score (nSPS) is 11.8. The number of aromatic nitrogens is 3. The van der Waals surface area contributed by atoms with E-state index in [4.69, 9.17) is 11.6 Å². The van der Waals surface area contributed by atoms with E-state index in [0.717, 1.165) is 0 Å². The Labute approximate surface area is 173 Å². The Morgan fingerprint density at radius 2 is 1.90 bits per heavy atom. The van der Waals surface area contributed by atoms with E-state index < -0.39 is 12.3 Å². The van der Waals surface area contributed by atoms with Crippen LogP contribution in [0.1, 0.15) is 16.1 Å². The summed E-state index contributed by atoms with van der Waals surface area (Å²) >= 11 is 5.70. The van der Waals surface area contributed by atoms with Crippen LogP contribution in [0.3, 0.4) is 0 Å². The molecule has 0 aliphatic heterocycles. The summed E-state index contributed by atoms with van der Waals surface area (Å²) in [6.45, 7) is 0. The van der Waals surface area contributed by atoms with Gasteiger partial charge in [0.1, 0.15) is 16.6 Å². The largest absolute Gasteiger partial charge is 0.573 e. The van der Waals surface area contributed by atoms with Crippen LogP contribution in [0, 0.1) is 0 Å². The molecule has 0 atom stereocenters. The topological polar surface area (TPSA) is 104 Å². The highest BCUT2D eigenvalue weighted by Crippen LogP contribution is 2.24. The highest BCUT2D eigenvalue weighted by Gasteiger charge is 2.30. The third-order valence-corrected chi connectivity index (χ3v) is 3.86. The van der Waals surface area contributed by atoms with Gasteiger partial charge in [0.2, 0.25) is 0 Å². The Bertz CT molecular complexity index is 1050. The number of pyridine rings is 1. The number of amidine groups is 1. The molecule has 3 rings (SSSR count). The number of ether oxygens (including phenoxy) is 1. The third kappa shape index (κ3) is 5.70. The highest BCUT2D eigenvalue weighted by molar-refractivity contribution is 6.29. The molecule has 0 radical (unpaired) electrons. The number of nitrogens with zero attached hydrogens (tertiary/aromatic N) is 3. The average molecular weight is 439 g/mol. The molecule has 3 N–H and O–H groups in total. The molecule has 0 unspecified atom stereocenters. The molecule has 30 heavy (non-hydrogen) atoms. The summed E-state index contributed by atoms with van der Waals surface area (Å²) in [6, 6.07) is 9.69. The maximum Gasteiger partial charge on any atom is 0.573 e. The Morgan fingerprint density at radius 3 is 2.50 bits per heavy atom. The van der Waals surface area contributed by atoms with Crippen LogP contribution in [0.15, 0.2) is 53.7 Å². The number of hydrogen-bond acceptors (Lipinski definition) is 5. The molecule has 12 heteroatoms. The SMILES string of the molecule is CN=C(Nc1ccc(OC(F)(F)F)cc1)c1cc(NC(=O)c2ccc(Cl)nc2)n[nH]1. The molecule has 0 spiro atoms. The van der Waals surface area contributed by atoms with E-state index in [0.29, 0.717) is 22.8 Å². The van der Waals surface area contributed by atoms with E-state index in [2.05, 4.69) is 35.5 Å². The van der Waals surface area contributed by atoms with Crippen molar-refractivity contribution < 1.29 is 22.7 Å². The maximum atomic E-state index is 12.2. The number of benzene rings is 1. The van der Waals surface area contributed by atoms with Gasteiger partial charge in [-0.15, -0.1) is 13.2 Å². The van der Waals surface area contributed by atoms with Crippen LogP contribution in [0.25, 0.3) is 0 Å². The lowest BCUT2D eigenvalue weighted by Gasteiger charge is -2.11. The van der Waals surface area contributed by atoms with Crippen molar-refractivity contribution in [2.45, 2.75) is 6.36 Å². The smallest absolute Gasteiger partial charge is 0.406 e. The molecule has 0 saturated heterocycles. The van der Waals surface area contributed by atoms with E-state index in [-0.39, 0.29) is 16.7 Å². The fraction of sp³-hybridized carbons (Fsp3) is 0.111. The number of amides is 1. The Hall–Kier alpha value is -3.60. The number of carbonyl (C=O) groups is 1. The summed E-state index contributed by atoms with van der Waals surface area (Å²) in [7, 11) is 1.52. The van der Waals surface area contributed by atoms with Crippen molar-refractivity contribution in [1.82, 2.24) is 15.2 Å². The van der Waals surface area contributed by atoms with Crippen LogP contribution in [0.2, 0.25) is 5.15 Å².